The third-order valence-corrected chi connectivity index (χ3v) is 10.8. The van der Waals surface area contributed by atoms with Gasteiger partial charge in [0.1, 0.15) is 20.4 Å². The number of hydrogen-bond acceptors (Lipinski definition) is 7. The van der Waals surface area contributed by atoms with E-state index in [4.69, 9.17) is 14.2 Å². The molecule has 0 saturated carbocycles. The molecular formula is C45H50O7Si2. The van der Waals surface area contributed by atoms with Gasteiger partial charge in [0.25, 0.3) is 0 Å². The molecular weight excluding hydrogens is 709 g/mol. The van der Waals surface area contributed by atoms with Crippen molar-refractivity contribution in [2.24, 2.45) is 0 Å². The number of ketones is 2. The van der Waals surface area contributed by atoms with Gasteiger partial charge in [-0.3, -0.25) is 19.2 Å². The second kappa shape index (κ2) is 20.2. The highest BCUT2D eigenvalue weighted by molar-refractivity contribution is 6.90. The first kappa shape index (κ1) is 43.0. The molecule has 1 aliphatic rings. The summed E-state index contributed by atoms with van der Waals surface area (Å²) in [6.45, 7) is 20.7. The van der Waals surface area contributed by atoms with E-state index in [0.717, 1.165) is 38.8 Å². The van der Waals surface area contributed by atoms with Gasteiger partial charge in [-0.05, 0) is 77.1 Å². The van der Waals surface area contributed by atoms with Gasteiger partial charge in [0.2, 0.25) is 5.78 Å². The van der Waals surface area contributed by atoms with Gasteiger partial charge in [-0.1, -0.05) is 100 Å². The van der Waals surface area contributed by atoms with E-state index in [0.29, 0.717) is 56.6 Å². The van der Waals surface area contributed by atoms with Crippen molar-refractivity contribution in [3.8, 4) is 52.0 Å². The number of Topliss-reactive ketones (excluding diaryl/α,β-unsaturated/α-hetero) is 1. The number of ether oxygens (including phenoxy) is 3. The smallest absolute Gasteiger partial charge is 0.302 e. The second-order valence-electron chi connectivity index (χ2n) is 14.7. The molecule has 0 saturated heterocycles. The van der Waals surface area contributed by atoms with E-state index < -0.39 is 16.1 Å². The Labute approximate surface area is 322 Å². The molecule has 280 valence electrons. The summed E-state index contributed by atoms with van der Waals surface area (Å²) in [5.74, 6) is 14.2. The van der Waals surface area contributed by atoms with Crippen LogP contribution in [0.1, 0.15) is 70.5 Å². The standard InChI is InChI=1S/C24H28O4Si.C21H22O3Si/c1-6-13-28-21-15-20-17-10-7-8-11-18(17)23(26)22(20)24(29(3,4)5)19(21)12-9-14-27-16(2)25;1-18(22)24-16-11-7-5-6-8-12-19-13-9-10-14-20(19)21(23)15-17-25(2,3)4/h6-8,10-11,15H,1,9,12-14H2,2-5H3;9-10,13-14H,7,11,16H2,1-4H3. The van der Waals surface area contributed by atoms with Crippen molar-refractivity contribution < 1.29 is 33.4 Å². The van der Waals surface area contributed by atoms with Crippen molar-refractivity contribution in [2.75, 3.05) is 19.8 Å². The molecule has 3 aromatic rings. The number of carbonyl (C=O) groups excluding carboxylic acids is 4. The molecule has 4 rings (SSSR count). The third-order valence-electron chi connectivity index (χ3n) is 7.89. The van der Waals surface area contributed by atoms with Gasteiger partial charge in [-0.15, -0.1) is 5.54 Å². The van der Waals surface area contributed by atoms with E-state index in [9.17, 15) is 19.2 Å². The first-order valence-electron chi connectivity index (χ1n) is 18.1. The zero-order valence-corrected chi connectivity index (χ0v) is 34.8. The molecule has 0 bridgehead atoms. The summed E-state index contributed by atoms with van der Waals surface area (Å²) < 4.78 is 16.0. The Morgan fingerprint density at radius 3 is 2.07 bits per heavy atom. The lowest BCUT2D eigenvalue weighted by atomic mass is 9.99. The molecule has 0 spiro atoms. The number of hydrogen-bond donors (Lipinski definition) is 0. The number of carbonyl (C=O) groups is 4. The minimum absolute atomic E-state index is 0.101. The fourth-order valence-corrected chi connectivity index (χ4v) is 8.34. The van der Waals surface area contributed by atoms with Gasteiger partial charge in [-0.2, -0.15) is 0 Å². The monoisotopic (exact) mass is 758 g/mol. The first-order chi connectivity index (χ1) is 25.5. The zero-order chi connectivity index (χ0) is 39.9. The molecule has 54 heavy (non-hydrogen) atoms. The van der Waals surface area contributed by atoms with E-state index in [-0.39, 0.29) is 23.5 Å². The lowest BCUT2D eigenvalue weighted by Gasteiger charge is -2.27. The largest absolute Gasteiger partial charge is 0.489 e. The van der Waals surface area contributed by atoms with E-state index in [1.54, 1.807) is 24.3 Å². The third kappa shape index (κ3) is 12.9. The number of benzene rings is 3. The summed E-state index contributed by atoms with van der Waals surface area (Å²) in [6.07, 6.45) is 4.38. The topological polar surface area (TPSA) is 96.0 Å². The van der Waals surface area contributed by atoms with Crippen molar-refractivity contribution in [3.63, 3.8) is 0 Å². The van der Waals surface area contributed by atoms with Crippen molar-refractivity contribution in [1.82, 2.24) is 0 Å². The van der Waals surface area contributed by atoms with Crippen LogP contribution in [-0.2, 0) is 25.5 Å². The van der Waals surface area contributed by atoms with Crippen LogP contribution in [0.4, 0.5) is 0 Å². The second-order valence-corrected chi connectivity index (χ2v) is 24.4. The lowest BCUT2D eigenvalue weighted by molar-refractivity contribution is -0.142. The minimum atomic E-state index is -1.90. The van der Waals surface area contributed by atoms with Crippen LogP contribution in [0.25, 0.3) is 11.1 Å². The lowest BCUT2D eigenvalue weighted by Crippen LogP contribution is -2.44. The first-order valence-corrected chi connectivity index (χ1v) is 25.1. The van der Waals surface area contributed by atoms with Crippen molar-refractivity contribution >= 4 is 44.8 Å². The van der Waals surface area contributed by atoms with Gasteiger partial charge in [0.15, 0.2) is 5.78 Å². The molecule has 0 amide bonds. The summed E-state index contributed by atoms with van der Waals surface area (Å²) in [4.78, 5) is 47.4. The van der Waals surface area contributed by atoms with Crippen molar-refractivity contribution in [2.45, 2.75) is 78.8 Å². The maximum absolute atomic E-state index is 13.3. The molecule has 1 aliphatic carbocycles. The Balaban J connectivity index is 0.000000294. The molecule has 0 radical (unpaired) electrons. The average Bonchev–Trinajstić information content (AvgIpc) is 3.39. The van der Waals surface area contributed by atoms with Crippen molar-refractivity contribution in [3.05, 3.63) is 95.1 Å². The summed E-state index contributed by atoms with van der Waals surface area (Å²) in [5.41, 5.74) is 8.82. The predicted octanol–water partition coefficient (Wildman–Crippen LogP) is 7.95. The summed E-state index contributed by atoms with van der Waals surface area (Å²) in [6, 6.07) is 16.9. The summed E-state index contributed by atoms with van der Waals surface area (Å²) in [5, 5.41) is 1.15. The molecule has 0 atom stereocenters. The van der Waals surface area contributed by atoms with Gasteiger partial charge in [-0.25, -0.2) is 0 Å². The Morgan fingerprint density at radius 1 is 0.815 bits per heavy atom. The number of unbranched alkanes of at least 4 members (excludes halogenated alkanes) is 1. The van der Waals surface area contributed by atoms with Crippen LogP contribution in [-0.4, -0.2) is 59.5 Å². The Bertz CT molecular complexity index is 2080. The highest BCUT2D eigenvalue weighted by atomic mass is 28.3. The molecule has 7 nitrogen and oxygen atoms in total. The molecule has 3 aromatic carbocycles. The Hall–Kier alpha value is -5.41. The molecule has 0 aliphatic heterocycles. The van der Waals surface area contributed by atoms with Gasteiger partial charge < -0.3 is 14.2 Å². The van der Waals surface area contributed by atoms with Crippen LogP contribution >= 0.6 is 0 Å². The molecule has 0 N–H and O–H groups in total. The van der Waals surface area contributed by atoms with Crippen LogP contribution in [0.3, 0.4) is 0 Å². The zero-order valence-electron chi connectivity index (χ0n) is 32.8. The minimum Gasteiger partial charge on any atom is -0.489 e. The van der Waals surface area contributed by atoms with Crippen LogP contribution in [0, 0.1) is 35.1 Å². The number of rotatable bonds is 12. The van der Waals surface area contributed by atoms with E-state index >= 15 is 0 Å². The van der Waals surface area contributed by atoms with Crippen LogP contribution in [0.5, 0.6) is 5.75 Å². The fraction of sp³-hybridized carbons (Fsp3) is 0.333. The van der Waals surface area contributed by atoms with Crippen LogP contribution in [0.2, 0.25) is 39.3 Å². The van der Waals surface area contributed by atoms with Gasteiger partial charge in [0, 0.05) is 42.5 Å². The number of fused-ring (bicyclic) bond motifs is 3. The fourth-order valence-electron chi connectivity index (χ4n) is 5.70. The maximum Gasteiger partial charge on any atom is 0.302 e. The highest BCUT2D eigenvalue weighted by Gasteiger charge is 2.36. The van der Waals surface area contributed by atoms with Crippen molar-refractivity contribution in [1.29, 1.82) is 0 Å². The van der Waals surface area contributed by atoms with Gasteiger partial charge >= 0.3 is 11.9 Å². The molecule has 9 heteroatoms. The molecule has 0 fully saturated rings. The van der Waals surface area contributed by atoms with Gasteiger partial charge in [0.05, 0.1) is 21.3 Å². The molecule has 0 unspecified atom stereocenters. The Kier molecular flexibility index (Phi) is 16.1. The average molecular weight is 759 g/mol. The van der Waals surface area contributed by atoms with Crippen LogP contribution < -0.4 is 9.92 Å². The van der Waals surface area contributed by atoms with Crippen LogP contribution in [0.15, 0.2) is 67.3 Å². The van der Waals surface area contributed by atoms with E-state index in [2.05, 4.69) is 81.0 Å². The molecule has 0 aromatic heterocycles. The van der Waals surface area contributed by atoms with E-state index in [1.807, 2.05) is 36.4 Å². The summed E-state index contributed by atoms with van der Waals surface area (Å²) in [7, 11) is -3.50. The van der Waals surface area contributed by atoms with E-state index in [1.165, 1.54) is 13.8 Å². The normalized spacial score (nSPS) is 11.0. The Morgan fingerprint density at radius 2 is 1.44 bits per heavy atom. The maximum atomic E-state index is 13.3. The molecule has 0 heterocycles. The SMILES string of the molecule is C=CCOc1cc2c(c([Si](C)(C)C)c1CCCOC(C)=O)C(=O)c1ccccc1-2.CC(=O)OCCCC#CC#Cc1ccccc1C(=O)C#C[Si](C)(C)C. The summed E-state index contributed by atoms with van der Waals surface area (Å²) >= 11 is 0. The highest BCUT2D eigenvalue weighted by Crippen LogP contribution is 2.40. The quantitative estimate of drug-likeness (QED) is 0.0362. The predicted molar refractivity (Wildman–Crippen MR) is 221 cm³/mol. The number of esters is 2.